The van der Waals surface area contributed by atoms with Crippen LogP contribution in [-0.4, -0.2) is 34.9 Å². The third-order valence-electron chi connectivity index (χ3n) is 6.42. The van der Waals surface area contributed by atoms with Gasteiger partial charge in [0.25, 0.3) is 0 Å². The monoisotopic (exact) mass is 374 g/mol. The number of carbonyl (C=O) groups is 1. The minimum atomic E-state index is 0.189. The van der Waals surface area contributed by atoms with E-state index in [2.05, 4.69) is 60.7 Å². The fourth-order valence-corrected chi connectivity index (χ4v) is 4.89. The first-order chi connectivity index (χ1) is 13.7. The van der Waals surface area contributed by atoms with Gasteiger partial charge in [0.1, 0.15) is 0 Å². The molecule has 0 N–H and O–H groups in total. The van der Waals surface area contributed by atoms with Crippen LogP contribution in [0.1, 0.15) is 59.8 Å². The van der Waals surface area contributed by atoms with E-state index in [1.165, 1.54) is 11.3 Å². The van der Waals surface area contributed by atoms with E-state index in [4.69, 9.17) is 0 Å². The molecule has 0 bridgehead atoms. The summed E-state index contributed by atoms with van der Waals surface area (Å²) in [6, 6.07) is 16.5. The Hall–Kier alpha value is -2.39. The van der Waals surface area contributed by atoms with Crippen LogP contribution >= 0.6 is 0 Å². The van der Waals surface area contributed by atoms with Gasteiger partial charge < -0.3 is 9.47 Å². The van der Waals surface area contributed by atoms with E-state index in [0.29, 0.717) is 5.92 Å². The summed E-state index contributed by atoms with van der Waals surface area (Å²) in [4.78, 5) is 16.0. The van der Waals surface area contributed by atoms with Crippen molar-refractivity contribution in [1.82, 2.24) is 9.47 Å². The predicted octanol–water partition coefficient (Wildman–Crippen LogP) is 5.17. The van der Waals surface area contributed by atoms with E-state index in [-0.39, 0.29) is 5.78 Å². The van der Waals surface area contributed by atoms with Crippen molar-refractivity contribution in [2.24, 2.45) is 7.05 Å². The predicted molar refractivity (Wildman–Crippen MR) is 116 cm³/mol. The Bertz CT molecular complexity index is 997. The van der Waals surface area contributed by atoms with Crippen LogP contribution in [0.5, 0.6) is 0 Å². The zero-order chi connectivity index (χ0) is 19.7. The molecule has 1 aliphatic carbocycles. The normalized spacial score (nSPS) is 16.3. The lowest BCUT2D eigenvalue weighted by molar-refractivity contribution is 0.103. The SMILES string of the molecule is CCN(CC)CCCC1Cc2ccccc2C(=O)c2c1n(C)c1ccccc21. The number of fused-ring (bicyclic) bond motifs is 4. The largest absolute Gasteiger partial charge is 0.347 e. The fraction of sp³-hybridized carbons (Fsp3) is 0.400. The number of nitrogens with zero attached hydrogens (tertiary/aromatic N) is 2. The van der Waals surface area contributed by atoms with Crippen molar-refractivity contribution in [3.63, 3.8) is 0 Å². The highest BCUT2D eigenvalue weighted by Crippen LogP contribution is 2.39. The molecule has 28 heavy (non-hydrogen) atoms. The summed E-state index contributed by atoms with van der Waals surface area (Å²) < 4.78 is 2.27. The Kier molecular flexibility index (Phi) is 5.36. The van der Waals surface area contributed by atoms with Crippen LogP contribution in [0.2, 0.25) is 0 Å². The second-order valence-electron chi connectivity index (χ2n) is 7.89. The fourth-order valence-electron chi connectivity index (χ4n) is 4.89. The molecule has 1 aromatic heterocycles. The molecule has 3 nitrogen and oxygen atoms in total. The number of benzene rings is 2. The molecule has 3 aromatic rings. The van der Waals surface area contributed by atoms with Crippen molar-refractivity contribution >= 4 is 16.7 Å². The third-order valence-corrected chi connectivity index (χ3v) is 6.42. The molecule has 1 atom stereocenters. The van der Waals surface area contributed by atoms with E-state index in [0.717, 1.165) is 60.9 Å². The number of aryl methyl sites for hydroxylation is 1. The summed E-state index contributed by atoms with van der Waals surface area (Å²) in [5, 5.41) is 1.09. The Morgan fingerprint density at radius 1 is 1.04 bits per heavy atom. The standard InChI is InChI=1S/C25H30N2O/c1-4-27(5-2)16-10-12-19-17-18-11-6-7-13-20(18)25(28)23-21-14-8-9-15-22(21)26(3)24(19)23/h6-9,11,13-15,19H,4-5,10,12,16-17H2,1-3H3. The van der Waals surface area contributed by atoms with Crippen LogP contribution in [0.4, 0.5) is 0 Å². The van der Waals surface area contributed by atoms with Crippen LogP contribution in [0.25, 0.3) is 10.9 Å². The minimum Gasteiger partial charge on any atom is -0.347 e. The molecular formula is C25H30N2O. The third kappa shape index (κ3) is 3.18. The number of para-hydroxylation sites is 1. The molecule has 146 valence electrons. The van der Waals surface area contributed by atoms with Crippen LogP contribution in [0, 0.1) is 0 Å². The highest BCUT2D eigenvalue weighted by molar-refractivity contribution is 6.18. The van der Waals surface area contributed by atoms with Crippen molar-refractivity contribution in [3.05, 3.63) is 70.9 Å². The molecule has 1 unspecified atom stereocenters. The van der Waals surface area contributed by atoms with E-state index in [1.807, 2.05) is 18.2 Å². The highest BCUT2D eigenvalue weighted by Gasteiger charge is 2.32. The van der Waals surface area contributed by atoms with Gasteiger partial charge in [-0.05, 0) is 50.5 Å². The second kappa shape index (κ2) is 7.92. The van der Waals surface area contributed by atoms with Gasteiger partial charge in [-0.15, -0.1) is 0 Å². The van der Waals surface area contributed by atoms with Gasteiger partial charge in [-0.1, -0.05) is 56.3 Å². The van der Waals surface area contributed by atoms with Gasteiger partial charge in [0.15, 0.2) is 5.78 Å². The summed E-state index contributed by atoms with van der Waals surface area (Å²) >= 11 is 0. The van der Waals surface area contributed by atoms with Gasteiger partial charge in [-0.25, -0.2) is 0 Å². The second-order valence-corrected chi connectivity index (χ2v) is 7.89. The van der Waals surface area contributed by atoms with Crippen molar-refractivity contribution in [2.75, 3.05) is 19.6 Å². The molecule has 0 saturated heterocycles. The van der Waals surface area contributed by atoms with E-state index < -0.39 is 0 Å². The number of hydrogen-bond acceptors (Lipinski definition) is 2. The van der Waals surface area contributed by atoms with Gasteiger partial charge in [0.2, 0.25) is 0 Å². The molecule has 3 heteroatoms. The molecular weight excluding hydrogens is 344 g/mol. The number of aromatic nitrogens is 1. The molecule has 0 saturated carbocycles. The highest BCUT2D eigenvalue weighted by atomic mass is 16.1. The van der Waals surface area contributed by atoms with E-state index in [1.54, 1.807) is 0 Å². The number of ketones is 1. The molecule has 4 rings (SSSR count). The maximum absolute atomic E-state index is 13.6. The molecule has 0 aliphatic heterocycles. The first-order valence-electron chi connectivity index (χ1n) is 10.6. The number of carbonyl (C=O) groups excluding carboxylic acids is 1. The molecule has 0 radical (unpaired) electrons. The van der Waals surface area contributed by atoms with Crippen molar-refractivity contribution in [3.8, 4) is 0 Å². The average molecular weight is 375 g/mol. The van der Waals surface area contributed by atoms with E-state index in [9.17, 15) is 4.79 Å². The zero-order valence-electron chi connectivity index (χ0n) is 17.2. The smallest absolute Gasteiger partial charge is 0.195 e. The van der Waals surface area contributed by atoms with Gasteiger partial charge >= 0.3 is 0 Å². The Morgan fingerprint density at radius 3 is 2.54 bits per heavy atom. The molecule has 0 spiro atoms. The van der Waals surface area contributed by atoms with Crippen LogP contribution in [-0.2, 0) is 13.5 Å². The lowest BCUT2D eigenvalue weighted by Gasteiger charge is -2.22. The summed E-state index contributed by atoms with van der Waals surface area (Å²) in [6.07, 6.45) is 3.20. The zero-order valence-corrected chi connectivity index (χ0v) is 17.2. The van der Waals surface area contributed by atoms with Crippen molar-refractivity contribution in [1.29, 1.82) is 0 Å². The Morgan fingerprint density at radius 2 is 1.75 bits per heavy atom. The molecule has 0 fully saturated rings. The molecule has 1 aliphatic rings. The quantitative estimate of drug-likeness (QED) is 0.595. The van der Waals surface area contributed by atoms with Gasteiger partial charge in [-0.3, -0.25) is 4.79 Å². The van der Waals surface area contributed by atoms with Crippen molar-refractivity contribution in [2.45, 2.75) is 39.0 Å². The molecule has 0 amide bonds. The summed E-state index contributed by atoms with van der Waals surface area (Å²) in [5.41, 5.74) is 5.39. The lowest BCUT2D eigenvalue weighted by Crippen LogP contribution is -2.24. The van der Waals surface area contributed by atoms with Crippen LogP contribution in [0.3, 0.4) is 0 Å². The van der Waals surface area contributed by atoms with Crippen molar-refractivity contribution < 1.29 is 4.79 Å². The number of rotatable bonds is 6. The topological polar surface area (TPSA) is 25.2 Å². The van der Waals surface area contributed by atoms with E-state index >= 15 is 0 Å². The Labute approximate surface area is 168 Å². The molecule has 2 aromatic carbocycles. The minimum absolute atomic E-state index is 0.189. The summed E-state index contributed by atoms with van der Waals surface area (Å²) in [6.45, 7) is 7.78. The summed E-state index contributed by atoms with van der Waals surface area (Å²) in [7, 11) is 2.13. The van der Waals surface area contributed by atoms with Gasteiger partial charge in [0.05, 0.1) is 5.56 Å². The first kappa shape index (κ1) is 18.9. The average Bonchev–Trinajstić information content (AvgIpc) is 2.96. The Balaban J connectivity index is 1.79. The van der Waals surface area contributed by atoms with Crippen LogP contribution in [0.15, 0.2) is 48.5 Å². The van der Waals surface area contributed by atoms with Gasteiger partial charge in [-0.2, -0.15) is 0 Å². The maximum Gasteiger partial charge on any atom is 0.195 e. The van der Waals surface area contributed by atoms with Gasteiger partial charge in [0, 0.05) is 35.1 Å². The summed E-state index contributed by atoms with van der Waals surface area (Å²) in [5.74, 6) is 0.559. The first-order valence-corrected chi connectivity index (χ1v) is 10.6. The lowest BCUT2D eigenvalue weighted by atomic mass is 9.91. The maximum atomic E-state index is 13.6. The molecule has 1 heterocycles. The van der Waals surface area contributed by atoms with Crippen LogP contribution < -0.4 is 0 Å². The number of hydrogen-bond donors (Lipinski definition) is 0.